The highest BCUT2D eigenvalue weighted by Crippen LogP contribution is 2.41. The van der Waals surface area contributed by atoms with E-state index in [4.69, 9.17) is 5.11 Å². The van der Waals surface area contributed by atoms with Gasteiger partial charge in [-0.15, -0.1) is 0 Å². The van der Waals surface area contributed by atoms with Gasteiger partial charge in [0.15, 0.2) is 5.75 Å². The number of anilines is 1. The molecule has 184 valence electrons. The second-order valence-corrected chi connectivity index (χ2v) is 10.3. The van der Waals surface area contributed by atoms with Gasteiger partial charge in [-0.2, -0.15) is 13.1 Å². The van der Waals surface area contributed by atoms with E-state index >= 15 is 0 Å². The molecule has 1 fully saturated rings. The molecule has 9 nitrogen and oxygen atoms in total. The van der Waals surface area contributed by atoms with Gasteiger partial charge in [0, 0.05) is 18.8 Å². The lowest BCUT2D eigenvalue weighted by Crippen LogP contribution is -2.67. The molecular weight excluding hydrogens is 472 g/mol. The van der Waals surface area contributed by atoms with Crippen molar-refractivity contribution >= 4 is 27.6 Å². The fraction of sp³-hybridized carbons (Fsp3) is 0.409. The maximum Gasteiger partial charge on any atom is 0.388 e. The highest BCUT2D eigenvalue weighted by Gasteiger charge is 2.55. The molecule has 0 aliphatic carbocycles. The third-order valence-corrected chi connectivity index (χ3v) is 7.23. The fourth-order valence-electron chi connectivity index (χ4n) is 3.92. The third kappa shape index (κ3) is 5.17. The largest absolute Gasteiger partial charge is 0.480 e. The summed E-state index contributed by atoms with van der Waals surface area (Å²) >= 11 is 0. The molecule has 1 aromatic carbocycles. The molecule has 2 aromatic rings. The Kier molecular flexibility index (Phi) is 7.22. The average Bonchev–Trinajstić information content (AvgIpc) is 2.68. The maximum absolute atomic E-state index is 13.6. The first kappa shape index (κ1) is 25.5. The molecule has 34 heavy (non-hydrogen) atoms. The van der Waals surface area contributed by atoms with Crippen LogP contribution in [0.1, 0.15) is 36.6 Å². The van der Waals surface area contributed by atoms with Gasteiger partial charge in [-0.05, 0) is 36.1 Å². The van der Waals surface area contributed by atoms with Crippen molar-refractivity contribution in [2.75, 3.05) is 24.2 Å². The van der Waals surface area contributed by atoms with Gasteiger partial charge in [-0.1, -0.05) is 38.1 Å². The monoisotopic (exact) mass is 497 g/mol. The molecule has 1 aromatic heterocycles. The highest BCUT2D eigenvalue weighted by molar-refractivity contribution is 7.89. The second-order valence-electron chi connectivity index (χ2n) is 8.38. The van der Waals surface area contributed by atoms with Crippen molar-refractivity contribution in [2.45, 2.75) is 38.7 Å². The quantitative estimate of drug-likeness (QED) is 0.546. The van der Waals surface area contributed by atoms with E-state index in [0.717, 1.165) is 9.87 Å². The van der Waals surface area contributed by atoms with Crippen molar-refractivity contribution in [3.05, 3.63) is 53.2 Å². The first-order valence-corrected chi connectivity index (χ1v) is 12.0. The average molecular weight is 498 g/mol. The number of benzene rings is 1. The molecule has 1 aliphatic rings. The molecule has 0 radical (unpaired) electrons. The van der Waals surface area contributed by atoms with E-state index in [1.165, 1.54) is 12.1 Å². The van der Waals surface area contributed by atoms with Gasteiger partial charge in [0.05, 0.1) is 0 Å². The van der Waals surface area contributed by atoms with Crippen molar-refractivity contribution in [1.82, 2.24) is 9.29 Å². The Bertz CT molecular complexity index is 1200. The third-order valence-electron chi connectivity index (χ3n) is 5.57. The van der Waals surface area contributed by atoms with Crippen LogP contribution in [0.4, 0.5) is 14.5 Å². The summed E-state index contributed by atoms with van der Waals surface area (Å²) < 4.78 is 56.0. The van der Waals surface area contributed by atoms with Gasteiger partial charge in [0.1, 0.15) is 11.1 Å². The molecule has 1 amide bonds. The van der Waals surface area contributed by atoms with Gasteiger partial charge in [-0.3, -0.25) is 9.59 Å². The molecule has 1 aliphatic heterocycles. The van der Waals surface area contributed by atoms with Crippen molar-refractivity contribution in [3.63, 3.8) is 0 Å². The number of aliphatic carboxylic acids is 1. The summed E-state index contributed by atoms with van der Waals surface area (Å²) in [5.74, 6) is -3.74. The standard InChI is InChI=1S/C22H25F2N3O6S/c1-13(2)15-6-4-5-7-16(15)22(11-27(12-22)34(31,32)10-18(28)29)20(30)26-17-9-8-14(3)25-19(17)33-21(23)24/h4-9,13,21H,10-12H2,1-3H3,(H,26,30)(H,28,29). The van der Waals surface area contributed by atoms with Crippen LogP contribution in [0.5, 0.6) is 5.88 Å². The number of amides is 1. The van der Waals surface area contributed by atoms with Gasteiger partial charge in [-0.25, -0.2) is 13.4 Å². The zero-order chi connectivity index (χ0) is 25.3. The van der Waals surface area contributed by atoms with Crippen LogP contribution < -0.4 is 10.1 Å². The molecule has 2 heterocycles. The van der Waals surface area contributed by atoms with E-state index in [0.29, 0.717) is 11.3 Å². The summed E-state index contributed by atoms with van der Waals surface area (Å²) in [6.07, 6.45) is 0. The number of halogens is 2. The molecule has 12 heteroatoms. The Labute approximate surface area is 195 Å². The molecular formula is C22H25F2N3O6S. The number of nitrogens with one attached hydrogen (secondary N) is 1. The zero-order valence-electron chi connectivity index (χ0n) is 18.8. The number of alkyl halides is 2. The number of carboxylic acids is 1. The molecule has 2 N–H and O–H groups in total. The van der Waals surface area contributed by atoms with Crippen molar-refractivity contribution in [1.29, 1.82) is 0 Å². The van der Waals surface area contributed by atoms with E-state index in [1.54, 1.807) is 25.1 Å². The van der Waals surface area contributed by atoms with E-state index in [9.17, 15) is 26.8 Å². The molecule has 3 rings (SSSR count). The van der Waals surface area contributed by atoms with Crippen LogP contribution >= 0.6 is 0 Å². The minimum atomic E-state index is -4.15. The number of rotatable bonds is 9. The van der Waals surface area contributed by atoms with E-state index in [1.807, 2.05) is 19.9 Å². The number of nitrogens with zero attached hydrogens (tertiary/aromatic N) is 2. The summed E-state index contributed by atoms with van der Waals surface area (Å²) in [4.78, 5) is 28.5. The minimum Gasteiger partial charge on any atom is -0.480 e. The highest BCUT2D eigenvalue weighted by atomic mass is 32.2. The summed E-state index contributed by atoms with van der Waals surface area (Å²) in [5.41, 5.74) is 0.298. The number of aryl methyl sites for hydroxylation is 1. The molecule has 0 atom stereocenters. The van der Waals surface area contributed by atoms with Crippen LogP contribution in [0, 0.1) is 6.92 Å². The van der Waals surface area contributed by atoms with Crippen LogP contribution in [-0.2, 0) is 25.0 Å². The maximum atomic E-state index is 13.6. The molecule has 0 unspecified atom stereocenters. The Morgan fingerprint density at radius 1 is 1.21 bits per heavy atom. The van der Waals surface area contributed by atoms with Crippen LogP contribution in [-0.4, -0.2) is 60.1 Å². The van der Waals surface area contributed by atoms with Crippen molar-refractivity contribution in [2.24, 2.45) is 0 Å². The summed E-state index contributed by atoms with van der Waals surface area (Å²) in [5, 5.41) is 11.5. The van der Waals surface area contributed by atoms with Crippen LogP contribution in [0.3, 0.4) is 0 Å². The predicted octanol–water partition coefficient (Wildman–Crippen LogP) is 2.72. The Hall–Kier alpha value is -3.12. The van der Waals surface area contributed by atoms with Gasteiger partial charge in [0.2, 0.25) is 21.8 Å². The topological polar surface area (TPSA) is 126 Å². The number of pyridine rings is 1. The summed E-state index contributed by atoms with van der Waals surface area (Å²) in [6.45, 7) is 1.63. The van der Waals surface area contributed by atoms with Crippen LogP contribution in [0.2, 0.25) is 0 Å². The van der Waals surface area contributed by atoms with E-state index < -0.39 is 45.6 Å². The second kappa shape index (κ2) is 9.63. The van der Waals surface area contributed by atoms with Gasteiger partial charge < -0.3 is 15.2 Å². The Morgan fingerprint density at radius 3 is 2.44 bits per heavy atom. The Balaban J connectivity index is 2.02. The fourth-order valence-corrected chi connectivity index (χ4v) is 5.25. The Morgan fingerprint density at radius 2 is 1.85 bits per heavy atom. The molecule has 0 spiro atoms. The first-order valence-electron chi connectivity index (χ1n) is 10.4. The smallest absolute Gasteiger partial charge is 0.388 e. The minimum absolute atomic E-state index is 0.00989. The van der Waals surface area contributed by atoms with Gasteiger partial charge in [0.25, 0.3) is 0 Å². The van der Waals surface area contributed by atoms with E-state index in [2.05, 4.69) is 15.0 Å². The number of ether oxygens (including phenoxy) is 1. The normalized spacial score (nSPS) is 15.7. The zero-order valence-corrected chi connectivity index (χ0v) is 19.6. The van der Waals surface area contributed by atoms with Crippen LogP contribution in [0.25, 0.3) is 0 Å². The molecule has 0 bridgehead atoms. The predicted molar refractivity (Wildman–Crippen MR) is 119 cm³/mol. The molecule has 0 saturated carbocycles. The van der Waals surface area contributed by atoms with Crippen molar-refractivity contribution in [3.8, 4) is 5.88 Å². The van der Waals surface area contributed by atoms with Gasteiger partial charge >= 0.3 is 12.6 Å². The number of hydrogen-bond acceptors (Lipinski definition) is 6. The number of hydrogen-bond donors (Lipinski definition) is 2. The lowest BCUT2D eigenvalue weighted by atomic mass is 9.71. The lowest BCUT2D eigenvalue weighted by molar-refractivity contribution is -0.134. The first-order chi connectivity index (χ1) is 15.9. The number of carbonyl (C=O) groups excluding carboxylic acids is 1. The van der Waals surface area contributed by atoms with Crippen molar-refractivity contribution < 1.29 is 36.6 Å². The number of carboxylic acid groups (broad SMARTS) is 1. The van der Waals surface area contributed by atoms with E-state index in [-0.39, 0.29) is 24.7 Å². The SMILES string of the molecule is Cc1ccc(NC(=O)C2(c3ccccc3C(C)C)CN(S(=O)(=O)CC(=O)O)C2)c(OC(F)F)n1. The summed E-state index contributed by atoms with van der Waals surface area (Å²) in [6, 6.07) is 9.91. The number of carbonyl (C=O) groups is 2. The van der Waals surface area contributed by atoms with Crippen LogP contribution in [0.15, 0.2) is 36.4 Å². The number of sulfonamides is 1. The number of aromatic nitrogens is 1. The summed E-state index contributed by atoms with van der Waals surface area (Å²) in [7, 11) is -4.15. The molecule has 1 saturated heterocycles. The lowest BCUT2D eigenvalue weighted by Gasteiger charge is -2.48.